The first-order valence-corrected chi connectivity index (χ1v) is 8.05. The fourth-order valence-corrected chi connectivity index (χ4v) is 2.61. The minimum atomic E-state index is -1.05. The molecule has 128 valence electrons. The lowest BCUT2D eigenvalue weighted by molar-refractivity contribution is -0.115. The summed E-state index contributed by atoms with van der Waals surface area (Å²) in [5.74, 6) is -0.521. The molecule has 0 saturated carbocycles. The van der Waals surface area contributed by atoms with Gasteiger partial charge in [0.05, 0.1) is 16.6 Å². The summed E-state index contributed by atoms with van der Waals surface area (Å²) >= 11 is 0. The van der Waals surface area contributed by atoms with Gasteiger partial charge in [-0.3, -0.25) is 4.79 Å². The first-order valence-electron chi connectivity index (χ1n) is 8.05. The molecular formula is C18H18N4O3. The van der Waals surface area contributed by atoms with Crippen molar-refractivity contribution in [3.8, 4) is 11.3 Å². The molecule has 0 bridgehead atoms. The smallest absolute Gasteiger partial charge is 0.338 e. The van der Waals surface area contributed by atoms with E-state index >= 15 is 0 Å². The molecule has 3 N–H and O–H groups in total. The van der Waals surface area contributed by atoms with Gasteiger partial charge in [0.25, 0.3) is 0 Å². The Labute approximate surface area is 144 Å². The monoisotopic (exact) mass is 338 g/mol. The quantitative estimate of drug-likeness (QED) is 0.662. The Kier molecular flexibility index (Phi) is 4.47. The molecule has 3 aromatic rings. The molecule has 0 aliphatic carbocycles. The van der Waals surface area contributed by atoms with Gasteiger partial charge in [-0.05, 0) is 12.1 Å². The van der Waals surface area contributed by atoms with Crippen LogP contribution in [0.3, 0.4) is 0 Å². The van der Waals surface area contributed by atoms with Crippen LogP contribution in [0.15, 0.2) is 30.5 Å². The van der Waals surface area contributed by atoms with Crippen LogP contribution in [-0.2, 0) is 11.2 Å². The number of aromatic nitrogens is 3. The summed E-state index contributed by atoms with van der Waals surface area (Å²) in [6.07, 6.45) is 2.42. The van der Waals surface area contributed by atoms with Crippen molar-refractivity contribution in [3.63, 3.8) is 0 Å². The molecule has 25 heavy (non-hydrogen) atoms. The second kappa shape index (κ2) is 6.72. The Morgan fingerprint density at radius 3 is 2.72 bits per heavy atom. The number of aromatic amines is 1. The molecule has 2 aromatic heterocycles. The summed E-state index contributed by atoms with van der Waals surface area (Å²) in [6, 6.07) is 7.20. The highest BCUT2D eigenvalue weighted by Gasteiger charge is 2.19. The summed E-state index contributed by atoms with van der Waals surface area (Å²) < 4.78 is 0. The zero-order chi connectivity index (χ0) is 18.0. The Bertz CT molecular complexity index is 962. The van der Waals surface area contributed by atoms with Crippen molar-refractivity contribution in [2.45, 2.75) is 26.7 Å². The molecule has 7 heteroatoms. The van der Waals surface area contributed by atoms with Crippen molar-refractivity contribution < 1.29 is 14.7 Å². The average molecular weight is 338 g/mol. The van der Waals surface area contributed by atoms with Crippen LogP contribution in [0.2, 0.25) is 0 Å². The van der Waals surface area contributed by atoms with Gasteiger partial charge in [-0.15, -0.1) is 0 Å². The van der Waals surface area contributed by atoms with Gasteiger partial charge >= 0.3 is 5.97 Å². The molecule has 0 atom stereocenters. The molecule has 0 aliphatic heterocycles. The van der Waals surface area contributed by atoms with Gasteiger partial charge in [0.15, 0.2) is 0 Å². The maximum atomic E-state index is 11.6. The molecule has 1 amide bonds. The van der Waals surface area contributed by atoms with Gasteiger partial charge < -0.3 is 15.4 Å². The molecule has 2 heterocycles. The molecule has 0 spiro atoms. The van der Waals surface area contributed by atoms with Crippen molar-refractivity contribution in [2.75, 3.05) is 5.32 Å². The number of carboxylic acids is 1. The number of hydrogen-bond donors (Lipinski definition) is 3. The number of aromatic carboxylic acids is 1. The molecule has 0 saturated heterocycles. The number of benzene rings is 1. The topological polar surface area (TPSA) is 108 Å². The largest absolute Gasteiger partial charge is 0.478 e. The summed E-state index contributed by atoms with van der Waals surface area (Å²) in [5, 5.41) is 12.7. The van der Waals surface area contributed by atoms with Crippen LogP contribution >= 0.6 is 0 Å². The van der Waals surface area contributed by atoms with Crippen LogP contribution in [0.25, 0.3) is 22.3 Å². The molecule has 1 aromatic carbocycles. The number of aryl methyl sites for hydroxylation is 1. The van der Waals surface area contributed by atoms with Crippen molar-refractivity contribution in [1.29, 1.82) is 0 Å². The Morgan fingerprint density at radius 1 is 1.24 bits per heavy atom. The number of nitrogens with zero attached hydrogens (tertiary/aromatic N) is 2. The first kappa shape index (κ1) is 16.6. The van der Waals surface area contributed by atoms with E-state index in [-0.39, 0.29) is 11.5 Å². The van der Waals surface area contributed by atoms with Gasteiger partial charge in [-0.25, -0.2) is 14.8 Å². The highest BCUT2D eigenvalue weighted by atomic mass is 16.4. The lowest BCUT2D eigenvalue weighted by atomic mass is 10.1. The van der Waals surface area contributed by atoms with Crippen molar-refractivity contribution in [2.24, 2.45) is 0 Å². The Morgan fingerprint density at radius 2 is 2.04 bits per heavy atom. The van der Waals surface area contributed by atoms with E-state index in [9.17, 15) is 14.7 Å². The third-order valence-electron chi connectivity index (χ3n) is 3.87. The lowest BCUT2D eigenvalue weighted by Crippen LogP contribution is -2.09. The van der Waals surface area contributed by atoms with Crippen molar-refractivity contribution >= 4 is 28.6 Å². The molecule has 0 radical (unpaired) electrons. The van der Waals surface area contributed by atoms with Gasteiger partial charge in [0, 0.05) is 30.3 Å². The highest BCUT2D eigenvalue weighted by Crippen LogP contribution is 2.30. The van der Waals surface area contributed by atoms with Crippen LogP contribution in [0, 0.1) is 0 Å². The number of rotatable bonds is 5. The number of carbonyl (C=O) groups is 2. The van der Waals surface area contributed by atoms with E-state index in [1.165, 1.54) is 6.20 Å². The average Bonchev–Trinajstić information content (AvgIpc) is 3.05. The van der Waals surface area contributed by atoms with Gasteiger partial charge in [-0.2, -0.15) is 0 Å². The van der Waals surface area contributed by atoms with E-state index in [2.05, 4.69) is 20.3 Å². The number of nitrogens with one attached hydrogen (secondary N) is 2. The van der Waals surface area contributed by atoms with E-state index in [1.807, 2.05) is 13.0 Å². The maximum absolute atomic E-state index is 11.6. The van der Waals surface area contributed by atoms with Gasteiger partial charge in [-0.1, -0.05) is 26.0 Å². The Hall–Kier alpha value is -3.22. The SMILES string of the molecule is CCC(=O)Nc1cccc(-c2nc(CC)nc3[nH]cc(C(=O)O)c23)c1. The van der Waals surface area contributed by atoms with E-state index in [1.54, 1.807) is 25.1 Å². The Balaban J connectivity index is 2.20. The third kappa shape index (κ3) is 3.21. The maximum Gasteiger partial charge on any atom is 0.338 e. The van der Waals surface area contributed by atoms with E-state index in [0.717, 1.165) is 5.56 Å². The molecule has 0 aliphatic rings. The predicted octanol–water partition coefficient (Wildman–Crippen LogP) is 3.23. The number of anilines is 1. The normalized spacial score (nSPS) is 10.8. The molecular weight excluding hydrogens is 320 g/mol. The standard InChI is InChI=1S/C18H18N4O3/c1-3-13-21-16(15-12(18(24)25)9-19-17(15)22-13)10-6-5-7-11(8-10)20-14(23)4-2/h5-9H,3-4H2,1-2H3,(H,20,23)(H,24,25)(H,19,21,22). The molecule has 0 unspecified atom stereocenters. The van der Waals surface area contributed by atoms with Crippen LogP contribution < -0.4 is 5.32 Å². The molecule has 3 rings (SSSR count). The molecule has 7 nitrogen and oxygen atoms in total. The van der Waals surface area contributed by atoms with Crippen molar-refractivity contribution in [1.82, 2.24) is 15.0 Å². The number of hydrogen-bond acceptors (Lipinski definition) is 4. The van der Waals surface area contributed by atoms with Crippen LogP contribution in [0.4, 0.5) is 5.69 Å². The second-order valence-corrected chi connectivity index (χ2v) is 5.56. The third-order valence-corrected chi connectivity index (χ3v) is 3.87. The van der Waals surface area contributed by atoms with Gasteiger partial charge in [0.1, 0.15) is 11.5 Å². The highest BCUT2D eigenvalue weighted by molar-refractivity contribution is 6.07. The van der Waals surface area contributed by atoms with Crippen LogP contribution in [0.5, 0.6) is 0 Å². The minimum Gasteiger partial charge on any atom is -0.478 e. The van der Waals surface area contributed by atoms with E-state index < -0.39 is 5.97 Å². The predicted molar refractivity (Wildman–Crippen MR) is 94.6 cm³/mol. The summed E-state index contributed by atoms with van der Waals surface area (Å²) in [6.45, 7) is 3.71. The zero-order valence-corrected chi connectivity index (χ0v) is 14.0. The van der Waals surface area contributed by atoms with Crippen LogP contribution in [-0.4, -0.2) is 31.9 Å². The number of H-pyrrole nitrogens is 1. The fraction of sp³-hybridized carbons (Fsp3) is 0.222. The van der Waals surface area contributed by atoms with Crippen molar-refractivity contribution in [3.05, 3.63) is 41.9 Å². The lowest BCUT2D eigenvalue weighted by Gasteiger charge is -2.09. The number of amides is 1. The summed E-state index contributed by atoms with van der Waals surface area (Å²) in [7, 11) is 0. The van der Waals surface area contributed by atoms with Gasteiger partial charge in [0.2, 0.25) is 5.91 Å². The fourth-order valence-electron chi connectivity index (χ4n) is 2.61. The van der Waals surface area contributed by atoms with E-state index in [4.69, 9.17) is 0 Å². The van der Waals surface area contributed by atoms with Crippen LogP contribution in [0.1, 0.15) is 36.5 Å². The number of carboxylic acid groups (broad SMARTS) is 1. The zero-order valence-electron chi connectivity index (χ0n) is 14.0. The second-order valence-electron chi connectivity index (χ2n) is 5.56. The molecule has 0 fully saturated rings. The summed E-state index contributed by atoms with van der Waals surface area (Å²) in [4.78, 5) is 35.0. The summed E-state index contributed by atoms with van der Waals surface area (Å²) in [5.41, 5.74) is 2.51. The minimum absolute atomic E-state index is 0.0906. The number of carbonyl (C=O) groups excluding carboxylic acids is 1. The first-order chi connectivity index (χ1) is 12.0. The van der Waals surface area contributed by atoms with E-state index in [0.29, 0.717) is 41.1 Å². The number of fused-ring (bicyclic) bond motifs is 1.